The topological polar surface area (TPSA) is 3.24 Å². The molecule has 0 bridgehead atoms. The first-order chi connectivity index (χ1) is 6.72. The van der Waals surface area contributed by atoms with E-state index in [4.69, 9.17) is 0 Å². The van der Waals surface area contributed by atoms with Gasteiger partial charge in [0, 0.05) is 6.54 Å². The summed E-state index contributed by atoms with van der Waals surface area (Å²) < 4.78 is 0. The van der Waals surface area contributed by atoms with Gasteiger partial charge in [0.05, 0.1) is 0 Å². The van der Waals surface area contributed by atoms with Gasteiger partial charge in [-0.1, -0.05) is 19.4 Å². The second kappa shape index (κ2) is 4.06. The van der Waals surface area contributed by atoms with Gasteiger partial charge < -0.3 is 4.90 Å². The van der Waals surface area contributed by atoms with Crippen LogP contribution in [0.2, 0.25) is 0 Å². The van der Waals surface area contributed by atoms with E-state index in [1.54, 1.807) is 0 Å². The Labute approximate surface area is 88.2 Å². The largest absolute Gasteiger partial charge is 0.303 e. The van der Waals surface area contributed by atoms with Gasteiger partial charge in [0.1, 0.15) is 0 Å². The number of hydrogen-bond donors (Lipinski definition) is 0. The van der Waals surface area contributed by atoms with Crippen LogP contribution in [-0.4, -0.2) is 24.5 Å². The van der Waals surface area contributed by atoms with Gasteiger partial charge in [-0.25, -0.2) is 0 Å². The van der Waals surface area contributed by atoms with Gasteiger partial charge in [-0.2, -0.15) is 0 Å². The third-order valence-corrected chi connectivity index (χ3v) is 4.13. The third kappa shape index (κ3) is 2.20. The Morgan fingerprint density at radius 2 is 2.00 bits per heavy atom. The molecule has 1 heterocycles. The zero-order valence-corrected chi connectivity index (χ0v) is 9.47. The highest BCUT2D eigenvalue weighted by Gasteiger charge is 2.34. The molecule has 0 aromatic rings. The van der Waals surface area contributed by atoms with Crippen molar-refractivity contribution in [1.29, 1.82) is 0 Å². The van der Waals surface area contributed by atoms with Crippen molar-refractivity contribution in [1.82, 2.24) is 4.90 Å². The smallest absolute Gasteiger partial charge is 0.00353 e. The summed E-state index contributed by atoms with van der Waals surface area (Å²) in [5, 5.41) is 0. The fraction of sp³-hybridized carbons (Fsp3) is 0.846. The summed E-state index contributed by atoms with van der Waals surface area (Å²) >= 11 is 0. The minimum absolute atomic E-state index is 0.668. The van der Waals surface area contributed by atoms with Gasteiger partial charge in [-0.05, 0) is 50.1 Å². The molecule has 0 amide bonds. The second-order valence-electron chi connectivity index (χ2n) is 5.51. The Bertz CT molecular complexity index is 197. The van der Waals surface area contributed by atoms with Crippen molar-refractivity contribution in [2.45, 2.75) is 39.0 Å². The summed E-state index contributed by atoms with van der Waals surface area (Å²) in [6.45, 7) is 10.3. The van der Waals surface area contributed by atoms with Crippen LogP contribution in [0.3, 0.4) is 0 Å². The van der Waals surface area contributed by atoms with E-state index in [0.29, 0.717) is 5.41 Å². The Morgan fingerprint density at radius 3 is 2.43 bits per heavy atom. The van der Waals surface area contributed by atoms with E-state index in [0.717, 1.165) is 5.92 Å². The Hall–Kier alpha value is -0.300. The summed E-state index contributed by atoms with van der Waals surface area (Å²) in [4.78, 5) is 2.67. The van der Waals surface area contributed by atoms with E-state index in [1.807, 2.05) is 0 Å². The number of hydrogen-bond acceptors (Lipinski definition) is 1. The first-order valence-corrected chi connectivity index (χ1v) is 6.07. The lowest BCUT2D eigenvalue weighted by Gasteiger charge is -2.44. The van der Waals surface area contributed by atoms with Crippen molar-refractivity contribution in [2.75, 3.05) is 19.6 Å². The summed E-state index contributed by atoms with van der Waals surface area (Å²) in [5.74, 6) is 0.792. The summed E-state index contributed by atoms with van der Waals surface area (Å²) in [6, 6.07) is 0. The summed E-state index contributed by atoms with van der Waals surface area (Å²) in [6.07, 6.45) is 9.17. The maximum atomic E-state index is 3.89. The number of rotatable bonds is 3. The first kappa shape index (κ1) is 10.2. The van der Waals surface area contributed by atoms with Gasteiger partial charge in [0.2, 0.25) is 0 Å². The van der Waals surface area contributed by atoms with Gasteiger partial charge >= 0.3 is 0 Å². The van der Waals surface area contributed by atoms with Crippen LogP contribution in [0, 0.1) is 11.3 Å². The Kier molecular flexibility index (Phi) is 2.96. The highest BCUT2D eigenvalue weighted by molar-refractivity contribution is 4.89. The molecule has 0 radical (unpaired) electrons. The molecule has 0 spiro atoms. The SMILES string of the molecule is C=CC1CCN(CC2(C)CCC2)CC1. The van der Waals surface area contributed by atoms with Crippen LogP contribution >= 0.6 is 0 Å². The van der Waals surface area contributed by atoms with Crippen LogP contribution in [0.5, 0.6) is 0 Å². The fourth-order valence-electron chi connectivity index (χ4n) is 2.83. The van der Waals surface area contributed by atoms with E-state index in [9.17, 15) is 0 Å². The van der Waals surface area contributed by atoms with Crippen LogP contribution in [0.15, 0.2) is 12.7 Å². The van der Waals surface area contributed by atoms with Crippen molar-refractivity contribution in [3.63, 3.8) is 0 Å². The third-order valence-electron chi connectivity index (χ3n) is 4.13. The Morgan fingerprint density at radius 1 is 1.36 bits per heavy atom. The van der Waals surface area contributed by atoms with E-state index in [1.165, 1.54) is 51.7 Å². The lowest BCUT2D eigenvalue weighted by molar-refractivity contribution is 0.0683. The number of allylic oxidation sites excluding steroid dienone is 1. The average molecular weight is 193 g/mol. The quantitative estimate of drug-likeness (QED) is 0.623. The fourth-order valence-corrected chi connectivity index (χ4v) is 2.83. The van der Waals surface area contributed by atoms with E-state index < -0.39 is 0 Å². The van der Waals surface area contributed by atoms with E-state index >= 15 is 0 Å². The molecule has 1 nitrogen and oxygen atoms in total. The minimum atomic E-state index is 0.668. The molecule has 0 N–H and O–H groups in total. The molecule has 1 aliphatic carbocycles. The Balaban J connectivity index is 1.75. The van der Waals surface area contributed by atoms with Crippen molar-refractivity contribution in [3.8, 4) is 0 Å². The van der Waals surface area contributed by atoms with Crippen LogP contribution in [-0.2, 0) is 0 Å². The first-order valence-electron chi connectivity index (χ1n) is 6.07. The second-order valence-corrected chi connectivity index (χ2v) is 5.51. The zero-order chi connectivity index (χ0) is 10.0. The summed E-state index contributed by atoms with van der Waals surface area (Å²) in [5.41, 5.74) is 0.668. The summed E-state index contributed by atoms with van der Waals surface area (Å²) in [7, 11) is 0. The van der Waals surface area contributed by atoms with Crippen molar-refractivity contribution >= 4 is 0 Å². The minimum Gasteiger partial charge on any atom is -0.303 e. The molecule has 1 aliphatic heterocycles. The lowest BCUT2D eigenvalue weighted by atomic mass is 9.70. The monoisotopic (exact) mass is 193 g/mol. The predicted octanol–water partition coefficient (Wildman–Crippen LogP) is 3.07. The molecule has 2 fully saturated rings. The molecule has 1 saturated carbocycles. The van der Waals surface area contributed by atoms with Crippen molar-refractivity contribution in [2.24, 2.45) is 11.3 Å². The van der Waals surface area contributed by atoms with Gasteiger partial charge in [-0.3, -0.25) is 0 Å². The highest BCUT2D eigenvalue weighted by atomic mass is 15.1. The normalized spacial score (nSPS) is 28.4. The van der Waals surface area contributed by atoms with Crippen molar-refractivity contribution in [3.05, 3.63) is 12.7 Å². The van der Waals surface area contributed by atoms with Crippen LogP contribution in [0.25, 0.3) is 0 Å². The number of piperidine rings is 1. The number of likely N-dealkylation sites (tertiary alicyclic amines) is 1. The maximum absolute atomic E-state index is 3.89. The van der Waals surface area contributed by atoms with Crippen LogP contribution in [0.1, 0.15) is 39.0 Å². The molecule has 2 aliphatic rings. The molecule has 0 atom stereocenters. The molecule has 1 heteroatoms. The molecule has 0 aromatic carbocycles. The van der Waals surface area contributed by atoms with E-state index in [2.05, 4.69) is 24.5 Å². The molecule has 80 valence electrons. The van der Waals surface area contributed by atoms with E-state index in [-0.39, 0.29) is 0 Å². The van der Waals surface area contributed by atoms with Gasteiger partial charge in [-0.15, -0.1) is 6.58 Å². The van der Waals surface area contributed by atoms with Gasteiger partial charge in [0.25, 0.3) is 0 Å². The molecule has 0 unspecified atom stereocenters. The lowest BCUT2D eigenvalue weighted by Crippen LogP contribution is -2.43. The van der Waals surface area contributed by atoms with Gasteiger partial charge in [0.15, 0.2) is 0 Å². The molecule has 14 heavy (non-hydrogen) atoms. The standard InChI is InChI=1S/C13H23N/c1-3-12-5-9-14(10-6-12)11-13(2)7-4-8-13/h3,12H,1,4-11H2,2H3. The van der Waals surface area contributed by atoms with Crippen LogP contribution in [0.4, 0.5) is 0 Å². The molecule has 1 saturated heterocycles. The average Bonchev–Trinajstić information content (AvgIpc) is 2.17. The number of nitrogens with zero attached hydrogens (tertiary/aromatic N) is 1. The molecule has 2 rings (SSSR count). The predicted molar refractivity (Wildman–Crippen MR) is 61.3 cm³/mol. The highest BCUT2D eigenvalue weighted by Crippen LogP contribution is 2.41. The maximum Gasteiger partial charge on any atom is 0.00353 e. The molecular weight excluding hydrogens is 170 g/mol. The molecule has 0 aromatic heterocycles. The van der Waals surface area contributed by atoms with Crippen LogP contribution < -0.4 is 0 Å². The molecular formula is C13H23N. The van der Waals surface area contributed by atoms with Crippen molar-refractivity contribution < 1.29 is 0 Å². The zero-order valence-electron chi connectivity index (χ0n) is 9.47.